The summed E-state index contributed by atoms with van der Waals surface area (Å²) in [4.78, 5) is 12.1. The fraction of sp³-hybridized carbons (Fsp3) is 0.500. The zero-order valence-electron chi connectivity index (χ0n) is 12.3. The zero-order valence-corrected chi connectivity index (χ0v) is 12.3. The first-order chi connectivity index (χ1) is 11.4. The third kappa shape index (κ3) is 2.84. The Morgan fingerprint density at radius 1 is 1.12 bits per heavy atom. The van der Waals surface area contributed by atoms with Crippen molar-refractivity contribution in [3.05, 3.63) is 24.3 Å². The molecule has 1 saturated heterocycles. The quantitative estimate of drug-likeness (QED) is 0.391. The lowest BCUT2D eigenvalue weighted by atomic mass is 9.99. The topological polar surface area (TPSA) is 149 Å². The van der Waals surface area contributed by atoms with Gasteiger partial charge in [-0.15, -0.1) is 0 Å². The van der Waals surface area contributed by atoms with E-state index < -0.39 is 49.5 Å². The van der Waals surface area contributed by atoms with Gasteiger partial charge in [-0.05, 0) is 12.1 Å². The number of aliphatic hydroxyl groups excluding tert-OH is 4. The maximum Gasteiger partial charge on any atom is 0.320 e. The van der Waals surface area contributed by atoms with Crippen LogP contribution >= 0.6 is 0 Å². The Kier molecular flexibility index (Phi) is 4.69. The van der Waals surface area contributed by atoms with Gasteiger partial charge in [0.25, 0.3) is 6.29 Å². The highest BCUT2D eigenvalue weighted by molar-refractivity contribution is 5.97. The largest absolute Gasteiger partial charge is 0.453 e. The van der Waals surface area contributed by atoms with Crippen LogP contribution < -0.4 is 9.80 Å². The third-order valence-corrected chi connectivity index (χ3v) is 3.84. The number of carbonyl (C=O) groups excluding carboxylic acids is 1. The van der Waals surface area contributed by atoms with Crippen LogP contribution in [0.5, 0.6) is 5.75 Å². The molecule has 3 rings (SSSR count). The van der Waals surface area contributed by atoms with Gasteiger partial charge in [0.2, 0.25) is 0 Å². The Labute approximate surface area is 136 Å². The molecule has 0 radical (unpaired) electrons. The second kappa shape index (κ2) is 6.61. The lowest BCUT2D eigenvalue weighted by Crippen LogP contribution is -2.61. The number of hydrogen-bond donors (Lipinski definition) is 5. The molecule has 132 valence electrons. The van der Waals surface area contributed by atoms with Gasteiger partial charge in [-0.2, -0.15) is 5.06 Å². The van der Waals surface area contributed by atoms with Crippen LogP contribution in [0.4, 0.5) is 5.69 Å². The van der Waals surface area contributed by atoms with E-state index in [9.17, 15) is 25.3 Å². The minimum atomic E-state index is -1.69. The maximum atomic E-state index is 12.1. The number of fused-ring (bicyclic) bond motifs is 1. The van der Waals surface area contributed by atoms with Gasteiger partial charge in [0.1, 0.15) is 35.9 Å². The SMILES string of the molecule is O=C1[C@@H](O[C@@H]2O[C@H](CO)[C@@H](O)[C@H](O)[C@H]2O)Oc2ccccc2N1O. The summed E-state index contributed by atoms with van der Waals surface area (Å²) in [6.45, 7) is -0.640. The number of carbonyl (C=O) groups is 1. The number of amides is 1. The molecule has 10 heteroatoms. The standard InChI is InChI=1S/C14H17NO9/c16-5-8-9(17)10(18)11(19)13(23-8)24-14-12(20)15(21)6-3-1-2-4-7(6)22-14/h1-4,8-11,13-14,16-19,21H,5H2/t8-,9-,10+,11-,13+,14-/m1/s1. The van der Waals surface area contributed by atoms with Crippen LogP contribution in [0.3, 0.4) is 0 Å². The van der Waals surface area contributed by atoms with E-state index in [-0.39, 0.29) is 11.4 Å². The molecule has 5 N–H and O–H groups in total. The Morgan fingerprint density at radius 3 is 2.54 bits per heavy atom. The van der Waals surface area contributed by atoms with E-state index in [0.717, 1.165) is 0 Å². The summed E-state index contributed by atoms with van der Waals surface area (Å²) in [6, 6.07) is 6.16. The average Bonchev–Trinajstić information content (AvgIpc) is 2.59. The third-order valence-electron chi connectivity index (χ3n) is 3.84. The Morgan fingerprint density at radius 2 is 1.83 bits per heavy atom. The fourth-order valence-corrected chi connectivity index (χ4v) is 2.50. The maximum absolute atomic E-state index is 12.1. The summed E-state index contributed by atoms with van der Waals surface area (Å²) >= 11 is 0. The molecule has 0 saturated carbocycles. The number of benzene rings is 1. The van der Waals surface area contributed by atoms with Crippen molar-refractivity contribution in [1.82, 2.24) is 0 Å². The summed E-state index contributed by atoms with van der Waals surface area (Å²) < 4.78 is 15.7. The monoisotopic (exact) mass is 343 g/mol. The number of nitrogens with zero attached hydrogens (tertiary/aromatic N) is 1. The lowest BCUT2D eigenvalue weighted by molar-refractivity contribution is -0.323. The molecule has 0 bridgehead atoms. The van der Waals surface area contributed by atoms with Crippen LogP contribution in [-0.2, 0) is 14.3 Å². The van der Waals surface area contributed by atoms with Crippen molar-refractivity contribution < 1.29 is 44.6 Å². The highest BCUT2D eigenvalue weighted by Crippen LogP contribution is 2.34. The van der Waals surface area contributed by atoms with E-state index in [1.54, 1.807) is 12.1 Å². The van der Waals surface area contributed by atoms with Crippen LogP contribution in [0, 0.1) is 0 Å². The van der Waals surface area contributed by atoms with Gasteiger partial charge in [-0.25, -0.2) is 0 Å². The van der Waals surface area contributed by atoms with Crippen molar-refractivity contribution in [1.29, 1.82) is 0 Å². The molecule has 1 aromatic carbocycles. The molecule has 2 aliphatic heterocycles. The summed E-state index contributed by atoms with van der Waals surface area (Å²) in [5.41, 5.74) is 0.121. The second-order valence-electron chi connectivity index (χ2n) is 5.40. The van der Waals surface area contributed by atoms with Crippen molar-refractivity contribution in [3.8, 4) is 5.75 Å². The molecule has 1 amide bonds. The minimum absolute atomic E-state index is 0.121. The number of anilines is 1. The first kappa shape index (κ1) is 17.0. The van der Waals surface area contributed by atoms with Gasteiger partial charge in [0, 0.05) is 0 Å². The predicted octanol–water partition coefficient (Wildman–Crippen LogP) is -2.06. The van der Waals surface area contributed by atoms with Crippen molar-refractivity contribution in [3.63, 3.8) is 0 Å². The molecular formula is C14H17NO9. The van der Waals surface area contributed by atoms with Crippen molar-refractivity contribution in [2.75, 3.05) is 11.7 Å². The van der Waals surface area contributed by atoms with E-state index >= 15 is 0 Å². The second-order valence-corrected chi connectivity index (χ2v) is 5.40. The summed E-state index contributed by atoms with van der Waals surface area (Å²) in [6.07, 6.45) is -9.30. The van der Waals surface area contributed by atoms with E-state index in [0.29, 0.717) is 5.06 Å². The predicted molar refractivity (Wildman–Crippen MR) is 75.0 cm³/mol. The van der Waals surface area contributed by atoms with E-state index in [4.69, 9.17) is 19.3 Å². The number of rotatable bonds is 3. The van der Waals surface area contributed by atoms with Crippen molar-refractivity contribution >= 4 is 11.6 Å². The highest BCUT2D eigenvalue weighted by Gasteiger charge is 2.47. The van der Waals surface area contributed by atoms with Crippen LogP contribution in [0.2, 0.25) is 0 Å². The molecule has 0 aliphatic carbocycles. The molecular weight excluding hydrogens is 326 g/mol. The van der Waals surface area contributed by atoms with Crippen LogP contribution in [0.25, 0.3) is 0 Å². The summed E-state index contributed by atoms with van der Waals surface area (Å²) in [7, 11) is 0. The van der Waals surface area contributed by atoms with E-state index in [1.165, 1.54) is 12.1 Å². The lowest BCUT2D eigenvalue weighted by Gasteiger charge is -2.41. The number of hydroxylamine groups is 1. The Balaban J connectivity index is 1.77. The first-order valence-corrected chi connectivity index (χ1v) is 7.18. The highest BCUT2D eigenvalue weighted by atomic mass is 16.8. The van der Waals surface area contributed by atoms with Gasteiger partial charge in [-0.1, -0.05) is 12.1 Å². The molecule has 2 heterocycles. The van der Waals surface area contributed by atoms with E-state index in [1.807, 2.05) is 0 Å². The van der Waals surface area contributed by atoms with Gasteiger partial charge in [0.05, 0.1) is 6.61 Å². The van der Waals surface area contributed by atoms with Gasteiger partial charge in [-0.3, -0.25) is 10.0 Å². The number of para-hydroxylation sites is 2. The molecule has 10 nitrogen and oxygen atoms in total. The normalized spacial score (nSPS) is 36.2. The smallest absolute Gasteiger partial charge is 0.320 e. The van der Waals surface area contributed by atoms with Crippen molar-refractivity contribution in [2.45, 2.75) is 37.0 Å². The first-order valence-electron chi connectivity index (χ1n) is 7.18. The zero-order chi connectivity index (χ0) is 17.4. The van der Waals surface area contributed by atoms with Crippen molar-refractivity contribution in [2.24, 2.45) is 0 Å². The molecule has 0 aromatic heterocycles. The van der Waals surface area contributed by atoms with Crippen LogP contribution in [0.15, 0.2) is 24.3 Å². The molecule has 0 spiro atoms. The number of ether oxygens (including phenoxy) is 3. The van der Waals surface area contributed by atoms with Crippen LogP contribution in [0.1, 0.15) is 0 Å². The molecule has 0 unspecified atom stereocenters. The molecule has 24 heavy (non-hydrogen) atoms. The Bertz CT molecular complexity index is 610. The number of hydrogen-bond acceptors (Lipinski definition) is 9. The van der Waals surface area contributed by atoms with Gasteiger partial charge in [0.15, 0.2) is 6.29 Å². The molecule has 1 fully saturated rings. The average molecular weight is 343 g/mol. The molecule has 1 aromatic rings. The van der Waals surface area contributed by atoms with Gasteiger partial charge < -0.3 is 34.6 Å². The number of aliphatic hydroxyl groups is 4. The minimum Gasteiger partial charge on any atom is -0.453 e. The van der Waals surface area contributed by atoms with E-state index in [2.05, 4.69) is 0 Å². The fourth-order valence-electron chi connectivity index (χ4n) is 2.50. The molecule has 6 atom stereocenters. The Hall–Kier alpha value is -1.79. The van der Waals surface area contributed by atoms with Crippen LogP contribution in [-0.4, -0.2) is 75.1 Å². The van der Waals surface area contributed by atoms with Gasteiger partial charge >= 0.3 is 5.91 Å². The summed E-state index contributed by atoms with van der Waals surface area (Å²) in [5, 5.41) is 48.7. The summed E-state index contributed by atoms with van der Waals surface area (Å²) in [5.74, 6) is -0.806. The molecule has 2 aliphatic rings.